The van der Waals surface area contributed by atoms with Crippen molar-refractivity contribution in [3.63, 3.8) is 0 Å². The fourth-order valence-corrected chi connectivity index (χ4v) is 4.60. The largest absolute Gasteiger partial charge is 0.496 e. The van der Waals surface area contributed by atoms with Crippen molar-refractivity contribution >= 4 is 12.4 Å². The van der Waals surface area contributed by atoms with E-state index in [1.165, 1.54) is 56.9 Å². The highest BCUT2D eigenvalue weighted by atomic mass is 35.5. The van der Waals surface area contributed by atoms with E-state index in [4.69, 9.17) is 4.74 Å². The molecule has 142 valence electrons. The zero-order chi connectivity index (χ0) is 16.8. The van der Waals surface area contributed by atoms with Crippen molar-refractivity contribution in [1.82, 2.24) is 4.90 Å². The van der Waals surface area contributed by atoms with Crippen LogP contribution in [-0.2, 0) is 0 Å². The molecule has 3 nitrogen and oxygen atoms in total. The van der Waals surface area contributed by atoms with E-state index in [0.29, 0.717) is 6.04 Å². The van der Waals surface area contributed by atoms with Crippen molar-refractivity contribution in [3.05, 3.63) is 29.8 Å². The molecule has 25 heavy (non-hydrogen) atoms. The maximum Gasteiger partial charge on any atom is 0.122 e. The van der Waals surface area contributed by atoms with Gasteiger partial charge in [0, 0.05) is 18.5 Å². The molecule has 1 aromatic rings. The van der Waals surface area contributed by atoms with Crippen molar-refractivity contribution < 1.29 is 9.84 Å². The molecule has 3 rings (SSSR count). The summed E-state index contributed by atoms with van der Waals surface area (Å²) >= 11 is 0. The molecule has 2 aliphatic rings. The van der Waals surface area contributed by atoms with Crippen LogP contribution in [0.5, 0.6) is 5.75 Å². The summed E-state index contributed by atoms with van der Waals surface area (Å²) in [5.41, 5.74) is 1.17. The van der Waals surface area contributed by atoms with Crippen molar-refractivity contribution in [3.8, 4) is 5.75 Å². The molecule has 0 spiro atoms. The number of aliphatic hydroxyl groups is 1. The second kappa shape index (κ2) is 10.4. The van der Waals surface area contributed by atoms with Crippen molar-refractivity contribution in [2.24, 2.45) is 0 Å². The number of benzene rings is 1. The van der Waals surface area contributed by atoms with E-state index in [0.717, 1.165) is 25.3 Å². The van der Waals surface area contributed by atoms with E-state index in [1.54, 1.807) is 7.11 Å². The maximum atomic E-state index is 10.8. The number of rotatable bonds is 3. The number of aliphatic hydroxyl groups excluding tert-OH is 1. The Kier molecular flexibility index (Phi) is 8.54. The van der Waals surface area contributed by atoms with Crippen molar-refractivity contribution in [2.45, 2.75) is 75.9 Å². The number of para-hydroxylation sites is 1. The lowest BCUT2D eigenvalue weighted by molar-refractivity contribution is 0.0241. The molecular weight excluding hydrogens is 334 g/mol. The molecule has 2 unspecified atom stereocenters. The first-order chi connectivity index (χ1) is 11.8. The van der Waals surface area contributed by atoms with Crippen LogP contribution in [0.25, 0.3) is 0 Å². The van der Waals surface area contributed by atoms with E-state index >= 15 is 0 Å². The van der Waals surface area contributed by atoms with Gasteiger partial charge in [0.05, 0.1) is 13.2 Å². The number of piperidine rings is 1. The van der Waals surface area contributed by atoms with Gasteiger partial charge in [0.25, 0.3) is 0 Å². The number of ether oxygens (including phenoxy) is 1. The summed E-state index contributed by atoms with van der Waals surface area (Å²) in [4.78, 5) is 2.57. The van der Waals surface area contributed by atoms with Gasteiger partial charge in [0.15, 0.2) is 0 Å². The molecule has 0 bridgehead atoms. The first-order valence-corrected chi connectivity index (χ1v) is 9.84. The Balaban J connectivity index is 0.00000225. The fraction of sp³-hybridized carbons (Fsp3) is 0.714. The van der Waals surface area contributed by atoms with Crippen LogP contribution < -0.4 is 4.74 Å². The Morgan fingerprint density at radius 1 is 0.960 bits per heavy atom. The predicted octanol–water partition coefficient (Wildman–Crippen LogP) is 4.77. The van der Waals surface area contributed by atoms with Crippen LogP contribution in [0.2, 0.25) is 0 Å². The molecule has 0 radical (unpaired) electrons. The summed E-state index contributed by atoms with van der Waals surface area (Å²) in [6.45, 7) is 1.91. The molecule has 1 saturated carbocycles. The van der Waals surface area contributed by atoms with Gasteiger partial charge in [-0.3, -0.25) is 4.90 Å². The van der Waals surface area contributed by atoms with E-state index in [2.05, 4.69) is 17.0 Å². The van der Waals surface area contributed by atoms with Gasteiger partial charge in [-0.15, -0.1) is 12.4 Å². The van der Waals surface area contributed by atoms with Gasteiger partial charge in [-0.2, -0.15) is 0 Å². The van der Waals surface area contributed by atoms with Crippen LogP contribution in [0.15, 0.2) is 24.3 Å². The Morgan fingerprint density at radius 2 is 1.60 bits per heavy atom. The predicted molar refractivity (Wildman–Crippen MR) is 106 cm³/mol. The number of hydrogen-bond donors (Lipinski definition) is 1. The minimum absolute atomic E-state index is 0. The van der Waals surface area contributed by atoms with Crippen LogP contribution in [-0.4, -0.2) is 42.4 Å². The Bertz CT molecular complexity index is 500. The van der Waals surface area contributed by atoms with Crippen molar-refractivity contribution in [2.75, 3.05) is 20.2 Å². The standard InChI is InChI=1S/C21H33NO2.ClH/c1-24-21-13-9-8-12-19(21)18-14-15-22(16-20(18)23)17-10-6-4-2-3-5-7-11-17;/h8-9,12-13,17-18,20,23H,2-7,10-11,14-16H2,1H3;1H. The second-order valence-electron chi connectivity index (χ2n) is 7.55. The zero-order valence-electron chi connectivity index (χ0n) is 15.5. The average Bonchev–Trinajstić information content (AvgIpc) is 2.75. The lowest BCUT2D eigenvalue weighted by Gasteiger charge is -2.41. The third-order valence-corrected chi connectivity index (χ3v) is 5.99. The van der Waals surface area contributed by atoms with E-state index in [-0.39, 0.29) is 24.4 Å². The average molecular weight is 368 g/mol. The Morgan fingerprint density at radius 3 is 2.24 bits per heavy atom. The summed E-state index contributed by atoms with van der Waals surface area (Å²) in [5.74, 6) is 1.12. The molecule has 0 aromatic heterocycles. The number of β-amino-alcohol motifs (C(OH)–C–C–N with tert-alkyl or cyclic N) is 1. The highest BCUT2D eigenvalue weighted by Crippen LogP contribution is 2.35. The number of halogens is 1. The smallest absolute Gasteiger partial charge is 0.122 e. The minimum atomic E-state index is -0.289. The van der Waals surface area contributed by atoms with E-state index in [1.807, 2.05) is 12.1 Å². The third kappa shape index (κ3) is 5.35. The highest BCUT2D eigenvalue weighted by molar-refractivity contribution is 5.85. The van der Waals surface area contributed by atoms with E-state index < -0.39 is 0 Å². The summed E-state index contributed by atoms with van der Waals surface area (Å²) in [7, 11) is 1.72. The van der Waals surface area contributed by atoms with Crippen LogP contribution >= 0.6 is 12.4 Å². The molecule has 1 aliphatic heterocycles. The lowest BCUT2D eigenvalue weighted by atomic mass is 9.85. The molecule has 0 amide bonds. The molecule has 1 heterocycles. The van der Waals surface area contributed by atoms with Gasteiger partial charge in [-0.05, 0) is 37.4 Å². The lowest BCUT2D eigenvalue weighted by Crippen LogP contribution is -2.47. The SMILES string of the molecule is COc1ccccc1C1CCN(C2CCCCCCCC2)CC1O.Cl. The molecule has 4 heteroatoms. The fourth-order valence-electron chi connectivity index (χ4n) is 4.60. The summed E-state index contributed by atoms with van der Waals surface area (Å²) < 4.78 is 5.51. The highest BCUT2D eigenvalue weighted by Gasteiger charge is 2.33. The zero-order valence-corrected chi connectivity index (χ0v) is 16.3. The molecule has 1 saturated heterocycles. The first-order valence-electron chi connectivity index (χ1n) is 9.84. The topological polar surface area (TPSA) is 32.7 Å². The maximum absolute atomic E-state index is 10.8. The van der Waals surface area contributed by atoms with Gasteiger partial charge in [0.1, 0.15) is 5.75 Å². The van der Waals surface area contributed by atoms with E-state index in [9.17, 15) is 5.11 Å². The molecule has 2 atom stereocenters. The van der Waals surface area contributed by atoms with Crippen LogP contribution in [0.1, 0.15) is 69.3 Å². The summed E-state index contributed by atoms with van der Waals surface area (Å²) in [6, 6.07) is 8.85. The van der Waals surface area contributed by atoms with Gasteiger partial charge in [-0.1, -0.05) is 56.7 Å². The molecule has 1 N–H and O–H groups in total. The Labute approximate surface area is 159 Å². The number of nitrogens with zero attached hydrogens (tertiary/aromatic N) is 1. The number of methoxy groups -OCH3 is 1. The van der Waals surface area contributed by atoms with Gasteiger partial charge >= 0.3 is 0 Å². The van der Waals surface area contributed by atoms with Crippen molar-refractivity contribution in [1.29, 1.82) is 0 Å². The molecule has 1 aliphatic carbocycles. The second-order valence-corrected chi connectivity index (χ2v) is 7.55. The van der Waals surface area contributed by atoms with Gasteiger partial charge in [-0.25, -0.2) is 0 Å². The van der Waals surface area contributed by atoms with Gasteiger partial charge < -0.3 is 9.84 Å². The van der Waals surface area contributed by atoms with Crippen LogP contribution in [0, 0.1) is 0 Å². The van der Waals surface area contributed by atoms with Crippen LogP contribution in [0.3, 0.4) is 0 Å². The first kappa shape index (κ1) is 20.5. The van der Waals surface area contributed by atoms with Gasteiger partial charge in [0.2, 0.25) is 0 Å². The summed E-state index contributed by atoms with van der Waals surface area (Å²) in [5, 5.41) is 10.8. The number of hydrogen-bond acceptors (Lipinski definition) is 3. The Hall–Kier alpha value is -0.770. The number of likely N-dealkylation sites (tertiary alicyclic amines) is 1. The third-order valence-electron chi connectivity index (χ3n) is 5.99. The monoisotopic (exact) mass is 367 g/mol. The van der Waals surface area contributed by atoms with Crippen LogP contribution in [0.4, 0.5) is 0 Å². The molecule has 1 aromatic carbocycles. The quantitative estimate of drug-likeness (QED) is 0.835. The summed E-state index contributed by atoms with van der Waals surface area (Å²) in [6.07, 6.45) is 11.7. The minimum Gasteiger partial charge on any atom is -0.496 e. The molecule has 2 fully saturated rings. The molecular formula is C21H34ClNO2. The normalized spacial score (nSPS) is 26.8.